The third-order valence-corrected chi connectivity index (χ3v) is 4.21. The van der Waals surface area contributed by atoms with Crippen LogP contribution < -0.4 is 0 Å². The van der Waals surface area contributed by atoms with E-state index in [2.05, 4.69) is 0 Å². The molecule has 1 aliphatic rings. The van der Waals surface area contributed by atoms with Gasteiger partial charge in [0.05, 0.1) is 0 Å². The summed E-state index contributed by atoms with van der Waals surface area (Å²) < 4.78 is 13.6. The molecular formula is C16H20FNO4. The van der Waals surface area contributed by atoms with E-state index in [0.29, 0.717) is 12.0 Å². The molecule has 120 valence electrons. The molecule has 1 saturated heterocycles. The first-order chi connectivity index (χ1) is 10.3. The molecule has 0 aliphatic carbocycles. The van der Waals surface area contributed by atoms with Gasteiger partial charge in [0.15, 0.2) is 5.60 Å². The van der Waals surface area contributed by atoms with E-state index in [-0.39, 0.29) is 37.7 Å². The van der Waals surface area contributed by atoms with Gasteiger partial charge >= 0.3 is 5.97 Å². The van der Waals surface area contributed by atoms with Crippen molar-refractivity contribution in [3.8, 4) is 0 Å². The molecule has 1 aromatic carbocycles. The van der Waals surface area contributed by atoms with Gasteiger partial charge in [0.2, 0.25) is 5.91 Å². The lowest BCUT2D eigenvalue weighted by Gasteiger charge is -2.36. The number of carbonyl (C=O) groups is 2. The Morgan fingerprint density at radius 2 is 1.91 bits per heavy atom. The van der Waals surface area contributed by atoms with Gasteiger partial charge in [-0.15, -0.1) is 0 Å². The lowest BCUT2D eigenvalue weighted by atomic mass is 9.90. The van der Waals surface area contributed by atoms with Crippen molar-refractivity contribution in [2.45, 2.75) is 31.8 Å². The molecule has 0 radical (unpaired) electrons. The number of likely N-dealkylation sites (tertiary alicyclic amines) is 1. The van der Waals surface area contributed by atoms with Gasteiger partial charge in [-0.2, -0.15) is 0 Å². The molecule has 1 fully saturated rings. The van der Waals surface area contributed by atoms with Crippen LogP contribution in [0.2, 0.25) is 0 Å². The maximum Gasteiger partial charge on any atom is 0.335 e. The number of piperidine rings is 1. The van der Waals surface area contributed by atoms with Crippen LogP contribution >= 0.6 is 0 Å². The molecule has 6 heteroatoms. The highest BCUT2D eigenvalue weighted by Gasteiger charge is 2.40. The lowest BCUT2D eigenvalue weighted by Crippen LogP contribution is -2.51. The monoisotopic (exact) mass is 309 g/mol. The predicted octanol–water partition coefficient (Wildman–Crippen LogP) is 1.44. The fourth-order valence-electron chi connectivity index (χ4n) is 2.70. The zero-order valence-corrected chi connectivity index (χ0v) is 12.5. The van der Waals surface area contributed by atoms with Crippen LogP contribution in [0.25, 0.3) is 0 Å². The fraction of sp³-hybridized carbons (Fsp3) is 0.500. The number of carboxylic acid groups (broad SMARTS) is 1. The van der Waals surface area contributed by atoms with Gasteiger partial charge in [-0.3, -0.25) is 4.79 Å². The SMILES string of the molecule is CC(Cc1ccccc1F)C(=O)N1CCC(O)(C(=O)O)CC1. The van der Waals surface area contributed by atoms with Crippen LogP contribution in [-0.4, -0.2) is 45.7 Å². The third-order valence-electron chi connectivity index (χ3n) is 4.21. The van der Waals surface area contributed by atoms with Crippen molar-refractivity contribution in [3.63, 3.8) is 0 Å². The summed E-state index contributed by atoms with van der Waals surface area (Å²) in [6.07, 6.45) is 0.326. The highest BCUT2D eigenvalue weighted by Crippen LogP contribution is 2.24. The molecule has 22 heavy (non-hydrogen) atoms. The Balaban J connectivity index is 1.95. The number of rotatable bonds is 4. The van der Waals surface area contributed by atoms with Gasteiger partial charge in [-0.05, 0) is 18.1 Å². The molecule has 1 unspecified atom stereocenters. The predicted molar refractivity (Wildman–Crippen MR) is 77.7 cm³/mol. The summed E-state index contributed by atoms with van der Waals surface area (Å²) in [6.45, 7) is 2.12. The van der Waals surface area contributed by atoms with E-state index >= 15 is 0 Å². The first-order valence-electron chi connectivity index (χ1n) is 7.31. The third kappa shape index (κ3) is 3.44. The first kappa shape index (κ1) is 16.4. The summed E-state index contributed by atoms with van der Waals surface area (Å²) in [5, 5.41) is 18.8. The fourth-order valence-corrected chi connectivity index (χ4v) is 2.70. The summed E-state index contributed by atoms with van der Waals surface area (Å²) in [4.78, 5) is 24.9. The smallest absolute Gasteiger partial charge is 0.335 e. The van der Waals surface area contributed by atoms with Crippen LogP contribution in [0.5, 0.6) is 0 Å². The number of halogens is 1. The number of benzene rings is 1. The number of carboxylic acids is 1. The van der Waals surface area contributed by atoms with E-state index < -0.39 is 17.5 Å². The Kier molecular flexibility index (Phi) is 4.81. The van der Waals surface area contributed by atoms with E-state index in [1.165, 1.54) is 6.07 Å². The Hall–Kier alpha value is -1.95. The number of aliphatic hydroxyl groups is 1. The number of aliphatic carboxylic acids is 1. The van der Waals surface area contributed by atoms with Crippen molar-refractivity contribution in [2.24, 2.45) is 5.92 Å². The van der Waals surface area contributed by atoms with Crippen molar-refractivity contribution in [2.75, 3.05) is 13.1 Å². The normalized spacial score (nSPS) is 18.8. The van der Waals surface area contributed by atoms with Crippen molar-refractivity contribution in [3.05, 3.63) is 35.6 Å². The molecule has 1 heterocycles. The van der Waals surface area contributed by atoms with Crippen LogP contribution in [0.15, 0.2) is 24.3 Å². The highest BCUT2D eigenvalue weighted by atomic mass is 19.1. The number of carbonyl (C=O) groups excluding carboxylic acids is 1. The van der Waals surface area contributed by atoms with Crippen molar-refractivity contribution in [1.82, 2.24) is 4.90 Å². The average molecular weight is 309 g/mol. The Morgan fingerprint density at radius 3 is 2.45 bits per heavy atom. The van der Waals surface area contributed by atoms with Gasteiger partial charge in [0, 0.05) is 31.8 Å². The highest BCUT2D eigenvalue weighted by molar-refractivity contribution is 5.80. The summed E-state index contributed by atoms with van der Waals surface area (Å²) in [7, 11) is 0. The molecule has 0 aromatic heterocycles. The number of hydrogen-bond donors (Lipinski definition) is 2. The molecule has 0 saturated carbocycles. The van der Waals surface area contributed by atoms with Crippen molar-refractivity contribution in [1.29, 1.82) is 0 Å². The maximum atomic E-state index is 13.6. The minimum atomic E-state index is -1.74. The van der Waals surface area contributed by atoms with Crippen LogP contribution in [-0.2, 0) is 16.0 Å². The van der Waals surface area contributed by atoms with Crippen molar-refractivity contribution < 1.29 is 24.2 Å². The van der Waals surface area contributed by atoms with Gasteiger partial charge in [-0.25, -0.2) is 9.18 Å². The molecule has 1 amide bonds. The second kappa shape index (κ2) is 6.44. The molecule has 1 aromatic rings. The molecule has 0 spiro atoms. The number of hydrogen-bond acceptors (Lipinski definition) is 3. The van der Waals surface area contributed by atoms with Crippen molar-refractivity contribution >= 4 is 11.9 Å². The quantitative estimate of drug-likeness (QED) is 0.882. The number of amides is 1. The zero-order valence-electron chi connectivity index (χ0n) is 12.5. The first-order valence-corrected chi connectivity index (χ1v) is 7.31. The standard InChI is InChI=1S/C16H20FNO4/c1-11(10-12-4-2-3-5-13(12)17)14(19)18-8-6-16(22,7-9-18)15(20)21/h2-5,11,22H,6-10H2,1H3,(H,20,21). The molecule has 1 atom stereocenters. The van der Waals surface area contributed by atoms with Crippen LogP contribution in [0.3, 0.4) is 0 Å². The van der Waals surface area contributed by atoms with E-state index in [9.17, 15) is 19.1 Å². The topological polar surface area (TPSA) is 77.8 Å². The molecule has 5 nitrogen and oxygen atoms in total. The number of nitrogens with zero attached hydrogens (tertiary/aromatic N) is 1. The summed E-state index contributed by atoms with van der Waals surface area (Å²) >= 11 is 0. The minimum Gasteiger partial charge on any atom is -0.479 e. The summed E-state index contributed by atoms with van der Waals surface area (Å²) in [5.41, 5.74) is -1.26. The van der Waals surface area contributed by atoms with Crippen LogP contribution in [0.1, 0.15) is 25.3 Å². The summed E-state index contributed by atoms with van der Waals surface area (Å²) in [6, 6.07) is 6.34. The molecule has 2 rings (SSSR count). The summed E-state index contributed by atoms with van der Waals surface area (Å²) in [5.74, 6) is -2.12. The largest absolute Gasteiger partial charge is 0.479 e. The molecule has 2 N–H and O–H groups in total. The van der Waals surface area contributed by atoms with Gasteiger partial charge in [-0.1, -0.05) is 25.1 Å². The van der Waals surface area contributed by atoms with E-state index in [1.54, 1.807) is 30.0 Å². The van der Waals surface area contributed by atoms with E-state index in [0.717, 1.165) is 0 Å². The Bertz CT molecular complexity index is 567. The second-order valence-electron chi connectivity index (χ2n) is 5.86. The molecular weight excluding hydrogens is 289 g/mol. The minimum absolute atomic E-state index is 0.0144. The van der Waals surface area contributed by atoms with E-state index in [1.807, 2.05) is 0 Å². The van der Waals surface area contributed by atoms with Gasteiger partial charge in [0.1, 0.15) is 5.82 Å². The van der Waals surface area contributed by atoms with Gasteiger partial charge in [0.25, 0.3) is 0 Å². The van der Waals surface area contributed by atoms with Crippen LogP contribution in [0, 0.1) is 11.7 Å². The van der Waals surface area contributed by atoms with E-state index in [4.69, 9.17) is 5.11 Å². The Labute approximate surface area is 128 Å². The average Bonchev–Trinajstić information content (AvgIpc) is 2.49. The lowest BCUT2D eigenvalue weighted by molar-refractivity contribution is -0.165. The second-order valence-corrected chi connectivity index (χ2v) is 5.86. The molecule has 0 bridgehead atoms. The van der Waals surface area contributed by atoms with Crippen LogP contribution in [0.4, 0.5) is 4.39 Å². The Morgan fingerprint density at radius 1 is 1.32 bits per heavy atom. The maximum absolute atomic E-state index is 13.6. The zero-order chi connectivity index (χ0) is 16.3. The molecule has 1 aliphatic heterocycles. The van der Waals surface area contributed by atoms with Gasteiger partial charge < -0.3 is 15.1 Å².